The molecule has 0 amide bonds. The second kappa shape index (κ2) is 12.1. The molecule has 0 bridgehead atoms. The van der Waals surface area contributed by atoms with E-state index in [0.717, 1.165) is 50.3 Å². The molecule has 6 heteroatoms. The van der Waals surface area contributed by atoms with Crippen LogP contribution in [0.5, 0.6) is 5.75 Å². The average Bonchev–Trinajstić information content (AvgIpc) is 2.63. The van der Waals surface area contributed by atoms with Crippen LogP contribution in [0.3, 0.4) is 0 Å². The van der Waals surface area contributed by atoms with Crippen molar-refractivity contribution in [2.75, 3.05) is 32.8 Å². The van der Waals surface area contributed by atoms with E-state index >= 15 is 0 Å². The van der Waals surface area contributed by atoms with Gasteiger partial charge in [0.15, 0.2) is 0 Å². The van der Waals surface area contributed by atoms with E-state index in [1.54, 1.807) is 6.07 Å². The molecule has 1 unspecified atom stereocenters. The largest absolute Gasteiger partial charge is 0.494 e. The SMILES string of the molecule is Cl.Cl.Fc1ccccc1CCN1CCNCC1CCOc1ccccc1. The molecule has 0 radical (unpaired) electrons. The average molecular weight is 401 g/mol. The fraction of sp³-hybridized carbons (Fsp3) is 0.400. The highest BCUT2D eigenvalue weighted by atomic mass is 35.5. The topological polar surface area (TPSA) is 24.5 Å². The smallest absolute Gasteiger partial charge is 0.126 e. The Hall–Kier alpha value is -1.33. The molecule has 1 atom stereocenters. The lowest BCUT2D eigenvalue weighted by atomic mass is 10.1. The van der Waals surface area contributed by atoms with Crippen LogP contribution in [0, 0.1) is 5.82 Å². The second-order valence-corrected chi connectivity index (χ2v) is 6.19. The zero-order valence-corrected chi connectivity index (χ0v) is 16.4. The van der Waals surface area contributed by atoms with Crippen molar-refractivity contribution < 1.29 is 9.13 Å². The molecule has 1 aliphatic rings. The third-order valence-electron chi connectivity index (χ3n) is 4.56. The number of hydrogen-bond acceptors (Lipinski definition) is 3. The summed E-state index contributed by atoms with van der Waals surface area (Å²) in [6.07, 6.45) is 1.72. The number of ether oxygens (including phenoxy) is 1. The van der Waals surface area contributed by atoms with Gasteiger partial charge in [-0.05, 0) is 36.6 Å². The lowest BCUT2D eigenvalue weighted by Gasteiger charge is -2.36. The van der Waals surface area contributed by atoms with E-state index in [0.29, 0.717) is 12.6 Å². The predicted molar refractivity (Wildman–Crippen MR) is 109 cm³/mol. The highest BCUT2D eigenvalue weighted by molar-refractivity contribution is 5.85. The molecule has 1 heterocycles. The van der Waals surface area contributed by atoms with Crippen LogP contribution in [0.1, 0.15) is 12.0 Å². The first-order chi connectivity index (χ1) is 11.8. The Kier molecular flexibility index (Phi) is 10.6. The van der Waals surface area contributed by atoms with Crippen LogP contribution in [0.4, 0.5) is 4.39 Å². The van der Waals surface area contributed by atoms with E-state index in [9.17, 15) is 4.39 Å². The lowest BCUT2D eigenvalue weighted by molar-refractivity contribution is 0.136. The molecule has 3 rings (SSSR count). The molecule has 0 aromatic heterocycles. The molecule has 144 valence electrons. The van der Waals surface area contributed by atoms with Crippen LogP contribution in [0.25, 0.3) is 0 Å². The van der Waals surface area contributed by atoms with Gasteiger partial charge < -0.3 is 10.1 Å². The molecule has 2 aromatic rings. The Balaban J connectivity index is 0.00000169. The van der Waals surface area contributed by atoms with Crippen LogP contribution in [0.2, 0.25) is 0 Å². The van der Waals surface area contributed by atoms with Gasteiger partial charge in [-0.1, -0.05) is 36.4 Å². The van der Waals surface area contributed by atoms with Crippen molar-refractivity contribution >= 4 is 24.8 Å². The van der Waals surface area contributed by atoms with Gasteiger partial charge in [-0.15, -0.1) is 24.8 Å². The van der Waals surface area contributed by atoms with Gasteiger partial charge in [0.1, 0.15) is 11.6 Å². The Morgan fingerprint density at radius 1 is 1.04 bits per heavy atom. The van der Waals surface area contributed by atoms with Crippen molar-refractivity contribution in [1.82, 2.24) is 10.2 Å². The highest BCUT2D eigenvalue weighted by Crippen LogP contribution is 2.14. The minimum atomic E-state index is -0.100. The van der Waals surface area contributed by atoms with E-state index in [1.807, 2.05) is 42.5 Å². The van der Waals surface area contributed by atoms with E-state index in [2.05, 4.69) is 10.2 Å². The molecular formula is C20H27Cl2FN2O. The number of para-hydroxylation sites is 1. The first kappa shape index (κ1) is 22.7. The third kappa shape index (κ3) is 6.76. The molecule has 26 heavy (non-hydrogen) atoms. The number of benzene rings is 2. The van der Waals surface area contributed by atoms with E-state index < -0.39 is 0 Å². The summed E-state index contributed by atoms with van der Waals surface area (Å²) in [5.41, 5.74) is 0.801. The highest BCUT2D eigenvalue weighted by Gasteiger charge is 2.22. The maximum atomic E-state index is 13.8. The number of halogens is 3. The van der Waals surface area contributed by atoms with Crippen LogP contribution >= 0.6 is 24.8 Å². The summed E-state index contributed by atoms with van der Waals surface area (Å²) in [5.74, 6) is 0.816. The van der Waals surface area contributed by atoms with Crippen molar-refractivity contribution in [3.05, 3.63) is 66.0 Å². The Labute approximate surface area is 167 Å². The van der Waals surface area contributed by atoms with Crippen molar-refractivity contribution in [2.24, 2.45) is 0 Å². The van der Waals surface area contributed by atoms with Gasteiger partial charge >= 0.3 is 0 Å². The summed E-state index contributed by atoms with van der Waals surface area (Å²) >= 11 is 0. The van der Waals surface area contributed by atoms with Crippen molar-refractivity contribution in [3.8, 4) is 5.75 Å². The molecule has 0 spiro atoms. The van der Waals surface area contributed by atoms with Crippen LogP contribution in [0.15, 0.2) is 54.6 Å². The molecule has 1 N–H and O–H groups in total. The standard InChI is InChI=1S/C20H25FN2O.2ClH/c21-20-9-5-4-6-17(20)10-13-23-14-12-22-16-18(23)11-15-24-19-7-2-1-3-8-19;;/h1-9,18,22H,10-16H2;2*1H. The van der Waals surface area contributed by atoms with Crippen molar-refractivity contribution in [2.45, 2.75) is 18.9 Å². The fourth-order valence-corrected chi connectivity index (χ4v) is 3.18. The van der Waals surface area contributed by atoms with Crippen LogP contribution in [-0.2, 0) is 6.42 Å². The van der Waals surface area contributed by atoms with Gasteiger partial charge in [0.05, 0.1) is 6.61 Å². The fourth-order valence-electron chi connectivity index (χ4n) is 3.18. The monoisotopic (exact) mass is 400 g/mol. The molecule has 0 saturated carbocycles. The summed E-state index contributed by atoms with van der Waals surface area (Å²) in [6, 6.07) is 17.4. The van der Waals surface area contributed by atoms with Crippen LogP contribution in [-0.4, -0.2) is 43.7 Å². The summed E-state index contributed by atoms with van der Waals surface area (Å²) < 4.78 is 19.6. The Morgan fingerprint density at radius 3 is 2.54 bits per heavy atom. The zero-order valence-electron chi connectivity index (χ0n) is 14.8. The molecule has 1 saturated heterocycles. The molecule has 1 aliphatic heterocycles. The maximum absolute atomic E-state index is 13.8. The predicted octanol–water partition coefficient (Wildman–Crippen LogP) is 3.95. The summed E-state index contributed by atoms with van der Waals surface area (Å²) in [6.45, 7) is 4.55. The number of nitrogens with one attached hydrogen (secondary N) is 1. The third-order valence-corrected chi connectivity index (χ3v) is 4.56. The zero-order chi connectivity index (χ0) is 16.6. The quantitative estimate of drug-likeness (QED) is 0.760. The Morgan fingerprint density at radius 2 is 1.77 bits per heavy atom. The molecule has 1 fully saturated rings. The number of piperazine rings is 1. The van der Waals surface area contributed by atoms with Gasteiger partial charge in [0.2, 0.25) is 0 Å². The van der Waals surface area contributed by atoms with Crippen LogP contribution < -0.4 is 10.1 Å². The summed E-state index contributed by atoms with van der Waals surface area (Å²) in [4.78, 5) is 2.46. The van der Waals surface area contributed by atoms with Gasteiger partial charge in [-0.3, -0.25) is 4.90 Å². The normalized spacial score (nSPS) is 17.0. The minimum Gasteiger partial charge on any atom is -0.494 e. The van der Waals surface area contributed by atoms with Crippen molar-refractivity contribution in [3.63, 3.8) is 0 Å². The van der Waals surface area contributed by atoms with Gasteiger partial charge in [0, 0.05) is 32.2 Å². The molecule has 2 aromatic carbocycles. The second-order valence-electron chi connectivity index (χ2n) is 6.19. The Bertz CT molecular complexity index is 630. The lowest BCUT2D eigenvalue weighted by Crippen LogP contribution is -2.52. The van der Waals surface area contributed by atoms with Gasteiger partial charge in [-0.25, -0.2) is 4.39 Å². The van der Waals surface area contributed by atoms with E-state index in [4.69, 9.17) is 4.74 Å². The number of rotatable bonds is 7. The van der Waals surface area contributed by atoms with Crippen molar-refractivity contribution in [1.29, 1.82) is 0 Å². The first-order valence-corrected chi connectivity index (χ1v) is 8.69. The number of hydrogen-bond donors (Lipinski definition) is 1. The first-order valence-electron chi connectivity index (χ1n) is 8.69. The van der Waals surface area contributed by atoms with E-state index in [-0.39, 0.29) is 30.6 Å². The maximum Gasteiger partial charge on any atom is 0.126 e. The molecule has 3 nitrogen and oxygen atoms in total. The summed E-state index contributed by atoms with van der Waals surface area (Å²) in [7, 11) is 0. The van der Waals surface area contributed by atoms with Gasteiger partial charge in [-0.2, -0.15) is 0 Å². The van der Waals surface area contributed by atoms with Gasteiger partial charge in [0.25, 0.3) is 0 Å². The van der Waals surface area contributed by atoms with E-state index in [1.165, 1.54) is 6.07 Å². The minimum absolute atomic E-state index is 0. The molecule has 0 aliphatic carbocycles. The number of nitrogens with zero attached hydrogens (tertiary/aromatic N) is 1. The summed E-state index contributed by atoms with van der Waals surface area (Å²) in [5, 5.41) is 3.45. The molecular weight excluding hydrogens is 374 g/mol.